The summed E-state index contributed by atoms with van der Waals surface area (Å²) >= 11 is 0. The molecule has 1 aromatic heterocycles. The first kappa shape index (κ1) is 10.7. The largest absolute Gasteiger partial charge is 0.394 e. The fraction of sp³-hybridized carbons (Fsp3) is 0.556. The second kappa shape index (κ2) is 4.76. The number of aromatic nitrogens is 2. The molecule has 0 bridgehead atoms. The molecule has 1 rings (SSSR count). The fourth-order valence-electron chi connectivity index (χ4n) is 1.07. The quantitative estimate of drug-likeness (QED) is 0.709. The Bertz CT molecular complexity index is 305. The van der Waals surface area contributed by atoms with Crippen molar-refractivity contribution in [2.24, 2.45) is 7.05 Å². The molecule has 0 aliphatic carbocycles. The molecule has 0 aromatic carbocycles. The predicted molar refractivity (Wildman–Crippen MR) is 51.8 cm³/mol. The third-order valence-electron chi connectivity index (χ3n) is 1.99. The zero-order valence-corrected chi connectivity index (χ0v) is 8.40. The van der Waals surface area contributed by atoms with E-state index in [-0.39, 0.29) is 18.6 Å². The summed E-state index contributed by atoms with van der Waals surface area (Å²) in [6, 6.07) is 1.45. The van der Waals surface area contributed by atoms with Gasteiger partial charge >= 0.3 is 0 Å². The van der Waals surface area contributed by atoms with E-state index < -0.39 is 0 Å². The molecule has 14 heavy (non-hydrogen) atoms. The van der Waals surface area contributed by atoms with E-state index >= 15 is 0 Å². The lowest BCUT2D eigenvalue weighted by molar-refractivity contribution is 0.0909. The van der Waals surface area contributed by atoms with Crippen LogP contribution in [-0.2, 0) is 7.05 Å². The van der Waals surface area contributed by atoms with E-state index in [0.29, 0.717) is 12.1 Å². The number of carbonyl (C=O) groups excluding carboxylic acids is 1. The first-order valence-electron chi connectivity index (χ1n) is 4.58. The van der Waals surface area contributed by atoms with E-state index in [1.165, 1.54) is 0 Å². The average Bonchev–Trinajstić information content (AvgIpc) is 2.61. The highest BCUT2D eigenvalue weighted by Crippen LogP contribution is 1.96. The number of aryl methyl sites for hydroxylation is 1. The first-order chi connectivity index (χ1) is 6.67. The maximum atomic E-state index is 11.5. The number of amides is 1. The van der Waals surface area contributed by atoms with Crippen LogP contribution >= 0.6 is 0 Å². The Kier molecular flexibility index (Phi) is 3.64. The number of rotatable bonds is 4. The Morgan fingerprint density at radius 2 is 2.50 bits per heavy atom. The number of aliphatic hydroxyl groups excluding tert-OH is 1. The lowest BCUT2D eigenvalue weighted by atomic mass is 10.2. The molecule has 78 valence electrons. The van der Waals surface area contributed by atoms with Crippen molar-refractivity contribution in [3.05, 3.63) is 18.0 Å². The van der Waals surface area contributed by atoms with Crippen LogP contribution < -0.4 is 5.32 Å². The summed E-state index contributed by atoms with van der Waals surface area (Å²) in [6.07, 6.45) is 2.41. The van der Waals surface area contributed by atoms with Crippen LogP contribution in [0.5, 0.6) is 0 Å². The highest BCUT2D eigenvalue weighted by molar-refractivity contribution is 5.92. The van der Waals surface area contributed by atoms with Gasteiger partial charge in [-0.15, -0.1) is 0 Å². The van der Waals surface area contributed by atoms with Crippen LogP contribution in [0.2, 0.25) is 0 Å². The van der Waals surface area contributed by atoms with Crippen LogP contribution in [-0.4, -0.2) is 33.4 Å². The van der Waals surface area contributed by atoms with Crippen LogP contribution in [0, 0.1) is 0 Å². The summed E-state index contributed by atoms with van der Waals surface area (Å²) in [5, 5.41) is 15.5. The van der Waals surface area contributed by atoms with Gasteiger partial charge < -0.3 is 10.4 Å². The minimum atomic E-state index is -0.244. The van der Waals surface area contributed by atoms with Gasteiger partial charge in [0.15, 0.2) is 0 Å². The third kappa shape index (κ3) is 2.56. The van der Waals surface area contributed by atoms with Crippen molar-refractivity contribution in [1.29, 1.82) is 0 Å². The van der Waals surface area contributed by atoms with E-state index in [4.69, 9.17) is 5.11 Å². The Morgan fingerprint density at radius 3 is 2.93 bits per heavy atom. The van der Waals surface area contributed by atoms with Gasteiger partial charge in [-0.2, -0.15) is 5.10 Å². The molecule has 2 N–H and O–H groups in total. The highest BCUT2D eigenvalue weighted by Gasteiger charge is 2.12. The Balaban J connectivity index is 2.58. The molecule has 5 nitrogen and oxygen atoms in total. The Hall–Kier alpha value is -1.36. The smallest absolute Gasteiger partial charge is 0.272 e. The van der Waals surface area contributed by atoms with Crippen molar-refractivity contribution in [3.63, 3.8) is 0 Å². The zero-order valence-electron chi connectivity index (χ0n) is 8.40. The molecule has 0 aliphatic heterocycles. The normalized spacial score (nSPS) is 12.5. The first-order valence-corrected chi connectivity index (χ1v) is 4.58. The second-order valence-corrected chi connectivity index (χ2v) is 3.14. The van der Waals surface area contributed by atoms with Gasteiger partial charge in [0.25, 0.3) is 5.91 Å². The van der Waals surface area contributed by atoms with Gasteiger partial charge in [0, 0.05) is 13.2 Å². The van der Waals surface area contributed by atoms with Crippen molar-refractivity contribution in [2.45, 2.75) is 19.4 Å². The number of hydrogen-bond donors (Lipinski definition) is 2. The van der Waals surface area contributed by atoms with E-state index in [9.17, 15) is 4.79 Å². The Morgan fingerprint density at radius 1 is 1.79 bits per heavy atom. The number of carbonyl (C=O) groups is 1. The van der Waals surface area contributed by atoms with Crippen LogP contribution in [0.4, 0.5) is 0 Å². The third-order valence-corrected chi connectivity index (χ3v) is 1.99. The topological polar surface area (TPSA) is 67.2 Å². The van der Waals surface area contributed by atoms with Gasteiger partial charge in [-0.1, -0.05) is 6.92 Å². The van der Waals surface area contributed by atoms with E-state index in [1.54, 1.807) is 24.0 Å². The van der Waals surface area contributed by atoms with Crippen molar-refractivity contribution >= 4 is 5.91 Å². The number of aliphatic hydroxyl groups is 1. The summed E-state index contributed by atoms with van der Waals surface area (Å²) in [6.45, 7) is 1.86. The standard InChI is InChI=1S/C9H15N3O2/c1-3-7(6-13)10-9(14)8-4-5-12(2)11-8/h4-5,7,13H,3,6H2,1-2H3,(H,10,14). The number of nitrogens with one attached hydrogen (secondary N) is 1. The Labute approximate surface area is 82.7 Å². The molecule has 5 heteroatoms. The number of nitrogens with zero attached hydrogens (tertiary/aromatic N) is 2. The van der Waals surface area contributed by atoms with E-state index in [2.05, 4.69) is 10.4 Å². The summed E-state index contributed by atoms with van der Waals surface area (Å²) in [7, 11) is 1.75. The molecule has 0 spiro atoms. The SMILES string of the molecule is CCC(CO)NC(=O)c1ccn(C)n1. The maximum Gasteiger partial charge on any atom is 0.272 e. The lowest BCUT2D eigenvalue weighted by Crippen LogP contribution is -2.37. The van der Waals surface area contributed by atoms with Gasteiger partial charge in [0.2, 0.25) is 0 Å². The van der Waals surface area contributed by atoms with Crippen molar-refractivity contribution in [3.8, 4) is 0 Å². The minimum Gasteiger partial charge on any atom is -0.394 e. The van der Waals surface area contributed by atoms with Crippen LogP contribution in [0.3, 0.4) is 0 Å². The predicted octanol–water partition coefficient (Wildman–Crippen LogP) is -0.0792. The minimum absolute atomic E-state index is 0.0466. The molecule has 0 aliphatic rings. The van der Waals surface area contributed by atoms with Gasteiger partial charge in [-0.25, -0.2) is 0 Å². The van der Waals surface area contributed by atoms with Crippen LogP contribution in [0.25, 0.3) is 0 Å². The molecule has 1 atom stereocenters. The molecule has 0 fully saturated rings. The van der Waals surface area contributed by atoms with E-state index in [0.717, 1.165) is 0 Å². The monoisotopic (exact) mass is 197 g/mol. The molecule has 1 aromatic rings. The zero-order chi connectivity index (χ0) is 10.6. The highest BCUT2D eigenvalue weighted by atomic mass is 16.3. The van der Waals surface area contributed by atoms with Crippen molar-refractivity contribution in [1.82, 2.24) is 15.1 Å². The molecule has 0 saturated heterocycles. The van der Waals surface area contributed by atoms with Gasteiger partial charge in [-0.05, 0) is 12.5 Å². The molecular formula is C9H15N3O2. The van der Waals surface area contributed by atoms with Gasteiger partial charge in [-0.3, -0.25) is 9.48 Å². The summed E-state index contributed by atoms with van der Waals surface area (Å²) in [5.41, 5.74) is 0.374. The van der Waals surface area contributed by atoms with Gasteiger partial charge in [0.1, 0.15) is 5.69 Å². The molecule has 1 unspecified atom stereocenters. The van der Waals surface area contributed by atoms with Crippen molar-refractivity contribution in [2.75, 3.05) is 6.61 Å². The van der Waals surface area contributed by atoms with Crippen molar-refractivity contribution < 1.29 is 9.90 Å². The summed E-state index contributed by atoms with van der Waals surface area (Å²) in [5.74, 6) is -0.244. The summed E-state index contributed by atoms with van der Waals surface area (Å²) in [4.78, 5) is 11.5. The fourth-order valence-corrected chi connectivity index (χ4v) is 1.07. The summed E-state index contributed by atoms with van der Waals surface area (Å²) < 4.78 is 1.56. The molecule has 1 amide bonds. The number of hydrogen-bond acceptors (Lipinski definition) is 3. The van der Waals surface area contributed by atoms with E-state index in [1.807, 2.05) is 6.92 Å². The average molecular weight is 197 g/mol. The molecule has 1 heterocycles. The molecule has 0 saturated carbocycles. The molecule has 0 radical (unpaired) electrons. The van der Waals surface area contributed by atoms with Crippen LogP contribution in [0.15, 0.2) is 12.3 Å². The van der Waals surface area contributed by atoms with Crippen LogP contribution in [0.1, 0.15) is 23.8 Å². The lowest BCUT2D eigenvalue weighted by Gasteiger charge is -2.12. The second-order valence-electron chi connectivity index (χ2n) is 3.14. The van der Waals surface area contributed by atoms with Gasteiger partial charge in [0.05, 0.1) is 12.6 Å². The maximum absolute atomic E-state index is 11.5. The molecular weight excluding hydrogens is 182 g/mol.